The fourth-order valence-electron chi connectivity index (χ4n) is 1.67. The van der Waals surface area contributed by atoms with Crippen LogP contribution < -0.4 is 5.46 Å². The van der Waals surface area contributed by atoms with Crippen molar-refractivity contribution in [3.05, 3.63) is 72.9 Å². The molecule has 0 saturated heterocycles. The molecule has 4 rings (SSSR count). The molecule has 4 aromatic rings. The molecule has 28 heavy (non-hydrogen) atoms. The van der Waals surface area contributed by atoms with E-state index in [2.05, 4.69) is 67.7 Å². The highest BCUT2D eigenvalue weighted by Gasteiger charge is 2.10. The molecule has 0 unspecified atom stereocenters. The molecule has 144 valence electrons. The standard InChI is InChI=1S/C8H5BrN2S.C5H5BBrNO2.C3H2BrNS/c9-7-3-6(4-10-5-7)8-11-1-2-12-8;7-5-1-4(6(9)10)2-8-3-5;4-3-5-1-2-6-3/h1-5H;1-3,9-10H;1-2H. The zero-order valence-electron chi connectivity index (χ0n) is 14.0. The summed E-state index contributed by atoms with van der Waals surface area (Å²) in [6.07, 6.45) is 10.1. The van der Waals surface area contributed by atoms with Crippen LogP contribution in [0.15, 0.2) is 72.9 Å². The summed E-state index contributed by atoms with van der Waals surface area (Å²) in [5, 5.41) is 22.2. The van der Waals surface area contributed by atoms with E-state index in [4.69, 9.17) is 10.0 Å². The second-order valence-electron chi connectivity index (χ2n) is 4.82. The maximum absolute atomic E-state index is 8.64. The van der Waals surface area contributed by atoms with Gasteiger partial charge in [0, 0.05) is 67.9 Å². The van der Waals surface area contributed by atoms with E-state index in [-0.39, 0.29) is 0 Å². The van der Waals surface area contributed by atoms with E-state index in [1.54, 1.807) is 53.5 Å². The number of aromatic nitrogens is 4. The first-order valence-electron chi connectivity index (χ1n) is 7.47. The van der Waals surface area contributed by atoms with Crippen molar-refractivity contribution >= 4 is 83.0 Å². The van der Waals surface area contributed by atoms with Crippen LogP contribution in [-0.2, 0) is 0 Å². The molecule has 0 aromatic carbocycles. The van der Waals surface area contributed by atoms with E-state index in [9.17, 15) is 0 Å². The van der Waals surface area contributed by atoms with Gasteiger partial charge in [0.2, 0.25) is 0 Å². The third kappa shape index (κ3) is 8.56. The fraction of sp³-hybridized carbons (Fsp3) is 0. The molecule has 0 saturated carbocycles. The van der Waals surface area contributed by atoms with Gasteiger partial charge in [0.1, 0.15) is 5.01 Å². The zero-order chi connectivity index (χ0) is 20.4. The van der Waals surface area contributed by atoms with E-state index in [0.717, 1.165) is 23.4 Å². The number of hydrogen-bond acceptors (Lipinski definition) is 8. The maximum atomic E-state index is 8.64. The number of pyridine rings is 2. The summed E-state index contributed by atoms with van der Waals surface area (Å²) in [7, 11) is -1.44. The fourth-order valence-corrected chi connectivity index (χ4v) is 3.84. The van der Waals surface area contributed by atoms with E-state index >= 15 is 0 Å². The van der Waals surface area contributed by atoms with Gasteiger partial charge in [-0.1, -0.05) is 0 Å². The third-order valence-corrected chi connectivity index (χ3v) is 5.82. The van der Waals surface area contributed by atoms with Gasteiger partial charge in [-0.05, 0) is 59.9 Å². The smallest absolute Gasteiger partial charge is 0.423 e. The highest BCUT2D eigenvalue weighted by atomic mass is 79.9. The molecule has 0 radical (unpaired) electrons. The van der Waals surface area contributed by atoms with E-state index in [0.29, 0.717) is 5.46 Å². The molecule has 0 spiro atoms. The number of hydrogen-bond donors (Lipinski definition) is 2. The zero-order valence-corrected chi connectivity index (χ0v) is 20.4. The Morgan fingerprint density at radius 1 is 0.786 bits per heavy atom. The summed E-state index contributed by atoms with van der Waals surface area (Å²) >= 11 is 12.9. The molecular formula is C16H12BBr3N4O2S2. The Kier molecular flexibility index (Phi) is 10.4. The molecule has 4 heterocycles. The topological polar surface area (TPSA) is 92.0 Å². The Balaban J connectivity index is 0.000000159. The Labute approximate surface area is 195 Å². The molecule has 6 nitrogen and oxygen atoms in total. The molecular weight excluding hydrogens is 595 g/mol. The second kappa shape index (κ2) is 12.5. The Morgan fingerprint density at radius 3 is 1.86 bits per heavy atom. The maximum Gasteiger partial charge on any atom is 0.490 e. The van der Waals surface area contributed by atoms with Gasteiger partial charge in [-0.3, -0.25) is 9.97 Å². The normalized spacial score (nSPS) is 9.61. The van der Waals surface area contributed by atoms with Crippen LogP contribution in [0.4, 0.5) is 0 Å². The van der Waals surface area contributed by atoms with Gasteiger partial charge in [0.05, 0.1) is 0 Å². The van der Waals surface area contributed by atoms with Crippen molar-refractivity contribution in [2.24, 2.45) is 0 Å². The summed E-state index contributed by atoms with van der Waals surface area (Å²) in [6.45, 7) is 0. The first kappa shape index (κ1) is 23.3. The summed E-state index contributed by atoms with van der Waals surface area (Å²) in [5.41, 5.74) is 1.44. The molecule has 0 atom stereocenters. The van der Waals surface area contributed by atoms with Crippen molar-refractivity contribution in [3.63, 3.8) is 0 Å². The second-order valence-corrected chi connectivity index (χ2v) is 9.72. The first-order valence-corrected chi connectivity index (χ1v) is 11.6. The molecule has 4 aromatic heterocycles. The molecule has 0 aliphatic rings. The lowest BCUT2D eigenvalue weighted by atomic mass is 9.82. The quantitative estimate of drug-likeness (QED) is 0.329. The average Bonchev–Trinajstić information content (AvgIpc) is 3.37. The predicted molar refractivity (Wildman–Crippen MR) is 125 cm³/mol. The monoisotopic (exact) mass is 604 g/mol. The minimum absolute atomic E-state index is 0.384. The van der Waals surface area contributed by atoms with Gasteiger partial charge in [-0.2, -0.15) is 0 Å². The number of thiazole rings is 2. The van der Waals surface area contributed by atoms with Crippen LogP contribution in [0.2, 0.25) is 0 Å². The first-order chi connectivity index (χ1) is 13.5. The van der Waals surface area contributed by atoms with Crippen LogP contribution >= 0.6 is 70.5 Å². The lowest BCUT2D eigenvalue weighted by Crippen LogP contribution is -2.29. The minimum atomic E-state index is -1.44. The molecule has 0 bridgehead atoms. The van der Waals surface area contributed by atoms with Crippen molar-refractivity contribution in [1.29, 1.82) is 0 Å². The van der Waals surface area contributed by atoms with Crippen LogP contribution in [0.3, 0.4) is 0 Å². The minimum Gasteiger partial charge on any atom is -0.423 e. The van der Waals surface area contributed by atoms with Crippen molar-refractivity contribution in [2.45, 2.75) is 0 Å². The molecule has 0 fully saturated rings. The Hall–Kier alpha value is -1.02. The lowest BCUT2D eigenvalue weighted by molar-refractivity contribution is 0.425. The average molecular weight is 607 g/mol. The van der Waals surface area contributed by atoms with E-state index in [1.807, 2.05) is 23.0 Å². The molecule has 0 aliphatic heterocycles. The van der Waals surface area contributed by atoms with Crippen molar-refractivity contribution in [2.75, 3.05) is 0 Å². The van der Waals surface area contributed by atoms with Gasteiger partial charge in [0.15, 0.2) is 3.92 Å². The van der Waals surface area contributed by atoms with Crippen LogP contribution in [0, 0.1) is 0 Å². The Bertz CT molecular complexity index is 960. The van der Waals surface area contributed by atoms with E-state index in [1.165, 1.54) is 6.20 Å². The van der Waals surface area contributed by atoms with E-state index < -0.39 is 7.12 Å². The summed E-state index contributed by atoms with van der Waals surface area (Å²) in [4.78, 5) is 15.8. The molecule has 0 aliphatic carbocycles. The van der Waals surface area contributed by atoms with Crippen LogP contribution in [0.1, 0.15) is 0 Å². The van der Waals surface area contributed by atoms with Gasteiger partial charge in [-0.15, -0.1) is 22.7 Å². The number of nitrogens with zero attached hydrogens (tertiary/aromatic N) is 4. The number of halogens is 3. The lowest BCUT2D eigenvalue weighted by Gasteiger charge is -1.96. The van der Waals surface area contributed by atoms with Crippen molar-refractivity contribution in [1.82, 2.24) is 19.9 Å². The van der Waals surface area contributed by atoms with Gasteiger partial charge in [0.25, 0.3) is 0 Å². The molecule has 2 N–H and O–H groups in total. The van der Waals surface area contributed by atoms with Crippen molar-refractivity contribution in [3.8, 4) is 10.6 Å². The summed E-state index contributed by atoms with van der Waals surface area (Å²) in [6, 6.07) is 3.60. The highest BCUT2D eigenvalue weighted by Crippen LogP contribution is 2.23. The Morgan fingerprint density at radius 2 is 1.43 bits per heavy atom. The molecule has 12 heteroatoms. The van der Waals surface area contributed by atoms with Crippen LogP contribution in [0.25, 0.3) is 10.6 Å². The third-order valence-electron chi connectivity index (χ3n) is 2.81. The largest absolute Gasteiger partial charge is 0.490 e. The number of rotatable bonds is 2. The van der Waals surface area contributed by atoms with Gasteiger partial charge >= 0.3 is 7.12 Å². The van der Waals surface area contributed by atoms with Crippen molar-refractivity contribution < 1.29 is 10.0 Å². The van der Waals surface area contributed by atoms with Crippen LogP contribution in [-0.4, -0.2) is 37.1 Å². The summed E-state index contributed by atoms with van der Waals surface area (Å²) < 4.78 is 2.66. The molecule has 0 amide bonds. The van der Waals surface area contributed by atoms with Gasteiger partial charge in [-0.25, -0.2) is 9.97 Å². The predicted octanol–water partition coefficient (Wildman–Crippen LogP) is 4.40. The SMILES string of the molecule is Brc1cncc(-c2nccs2)c1.Brc1nccs1.OB(O)c1cncc(Br)c1. The summed E-state index contributed by atoms with van der Waals surface area (Å²) in [5.74, 6) is 0. The van der Waals surface area contributed by atoms with Gasteiger partial charge < -0.3 is 10.0 Å². The highest BCUT2D eigenvalue weighted by molar-refractivity contribution is 9.11. The van der Waals surface area contributed by atoms with Crippen LogP contribution in [0.5, 0.6) is 0 Å².